The van der Waals surface area contributed by atoms with Gasteiger partial charge in [-0.2, -0.15) is 0 Å². The van der Waals surface area contributed by atoms with Crippen LogP contribution in [-0.2, 0) is 11.3 Å². The number of likely N-dealkylation sites (N-methyl/N-ethyl adjacent to an activating group) is 1. The van der Waals surface area contributed by atoms with Gasteiger partial charge >= 0.3 is 0 Å². The summed E-state index contributed by atoms with van der Waals surface area (Å²) < 4.78 is 0. The molecule has 0 saturated heterocycles. The zero-order valence-corrected chi connectivity index (χ0v) is 14.9. The van der Waals surface area contributed by atoms with E-state index in [0.29, 0.717) is 18.7 Å². The molecular weight excluding hydrogens is 290 g/mol. The van der Waals surface area contributed by atoms with Crippen LogP contribution in [0.5, 0.6) is 0 Å². The van der Waals surface area contributed by atoms with Gasteiger partial charge in [0, 0.05) is 30.6 Å². The lowest BCUT2D eigenvalue weighted by Gasteiger charge is -2.18. The molecule has 0 aromatic heterocycles. The molecule has 2 amide bonds. The molecule has 128 valence electrons. The lowest BCUT2D eigenvalue weighted by Crippen LogP contribution is -2.34. The van der Waals surface area contributed by atoms with E-state index in [4.69, 9.17) is 0 Å². The molecule has 1 aromatic carbocycles. The Morgan fingerprint density at radius 1 is 1.17 bits per heavy atom. The number of carbonyl (C=O) groups excluding carboxylic acids is 2. The van der Waals surface area contributed by atoms with Crippen LogP contribution in [0.4, 0.5) is 0 Å². The van der Waals surface area contributed by atoms with Gasteiger partial charge in [-0.15, -0.1) is 0 Å². The van der Waals surface area contributed by atoms with Gasteiger partial charge in [0.2, 0.25) is 5.91 Å². The second kappa shape index (κ2) is 8.67. The minimum atomic E-state index is -0.416. The standard InChI is InChI=1S/C18H29N3O2/c1-6-21(5)11-10-19-16(22)15-9-7-8-14(12-15)13-20-17(23)18(2,3)4/h7-9,12H,6,10-11,13H2,1-5H3,(H,19,22)(H,20,23). The number of hydrogen-bond donors (Lipinski definition) is 2. The molecule has 1 aromatic rings. The van der Waals surface area contributed by atoms with E-state index >= 15 is 0 Å². The molecule has 0 radical (unpaired) electrons. The first kappa shape index (κ1) is 19.2. The highest BCUT2D eigenvalue weighted by atomic mass is 16.2. The topological polar surface area (TPSA) is 61.4 Å². The monoisotopic (exact) mass is 319 g/mol. The second-order valence-electron chi connectivity index (χ2n) is 6.78. The molecule has 0 atom stereocenters. The van der Waals surface area contributed by atoms with Crippen LogP contribution < -0.4 is 10.6 Å². The van der Waals surface area contributed by atoms with Crippen molar-refractivity contribution in [1.82, 2.24) is 15.5 Å². The first-order valence-corrected chi connectivity index (χ1v) is 8.08. The highest BCUT2D eigenvalue weighted by Gasteiger charge is 2.20. The number of amides is 2. The van der Waals surface area contributed by atoms with Crippen molar-refractivity contribution in [2.45, 2.75) is 34.2 Å². The fraction of sp³-hybridized carbons (Fsp3) is 0.556. The normalized spacial score (nSPS) is 11.4. The van der Waals surface area contributed by atoms with E-state index in [2.05, 4.69) is 22.5 Å². The lowest BCUT2D eigenvalue weighted by atomic mass is 9.95. The zero-order valence-electron chi connectivity index (χ0n) is 14.9. The molecule has 2 N–H and O–H groups in total. The number of nitrogens with zero attached hydrogens (tertiary/aromatic N) is 1. The van der Waals surface area contributed by atoms with Crippen LogP contribution in [0, 0.1) is 5.41 Å². The number of nitrogens with one attached hydrogen (secondary N) is 2. The van der Waals surface area contributed by atoms with E-state index < -0.39 is 5.41 Å². The third-order valence-corrected chi connectivity index (χ3v) is 3.64. The molecule has 0 unspecified atom stereocenters. The van der Waals surface area contributed by atoms with E-state index in [-0.39, 0.29) is 11.8 Å². The maximum atomic E-state index is 12.1. The Hall–Kier alpha value is -1.88. The molecule has 0 saturated carbocycles. The summed E-state index contributed by atoms with van der Waals surface area (Å²) in [4.78, 5) is 26.2. The van der Waals surface area contributed by atoms with Gasteiger partial charge in [-0.25, -0.2) is 0 Å². The fourth-order valence-corrected chi connectivity index (χ4v) is 1.89. The number of rotatable bonds is 7. The summed E-state index contributed by atoms with van der Waals surface area (Å²) >= 11 is 0. The van der Waals surface area contributed by atoms with Crippen molar-refractivity contribution in [3.05, 3.63) is 35.4 Å². The highest BCUT2D eigenvalue weighted by Crippen LogP contribution is 2.13. The van der Waals surface area contributed by atoms with Crippen molar-refractivity contribution >= 4 is 11.8 Å². The van der Waals surface area contributed by atoms with Crippen molar-refractivity contribution in [2.75, 3.05) is 26.7 Å². The van der Waals surface area contributed by atoms with Crippen LogP contribution >= 0.6 is 0 Å². The minimum absolute atomic E-state index is 0.00467. The van der Waals surface area contributed by atoms with Crippen LogP contribution in [0.1, 0.15) is 43.6 Å². The first-order valence-electron chi connectivity index (χ1n) is 8.08. The average Bonchev–Trinajstić information content (AvgIpc) is 2.51. The summed E-state index contributed by atoms with van der Waals surface area (Å²) in [5.74, 6) is -0.0894. The first-order chi connectivity index (χ1) is 10.7. The number of hydrogen-bond acceptors (Lipinski definition) is 3. The van der Waals surface area contributed by atoms with Gasteiger partial charge < -0.3 is 15.5 Å². The Bertz CT molecular complexity index is 535. The highest BCUT2D eigenvalue weighted by molar-refractivity contribution is 5.94. The maximum Gasteiger partial charge on any atom is 0.251 e. The predicted molar refractivity (Wildman–Crippen MR) is 93.2 cm³/mol. The smallest absolute Gasteiger partial charge is 0.251 e. The summed E-state index contributed by atoms with van der Waals surface area (Å²) in [6.07, 6.45) is 0. The molecule has 23 heavy (non-hydrogen) atoms. The SMILES string of the molecule is CCN(C)CCNC(=O)c1cccc(CNC(=O)C(C)(C)C)c1. The molecule has 0 fully saturated rings. The molecule has 5 nitrogen and oxygen atoms in total. The maximum absolute atomic E-state index is 12.1. The Morgan fingerprint density at radius 3 is 2.48 bits per heavy atom. The lowest BCUT2D eigenvalue weighted by molar-refractivity contribution is -0.128. The van der Waals surface area contributed by atoms with Gasteiger partial charge in [-0.3, -0.25) is 9.59 Å². The van der Waals surface area contributed by atoms with Gasteiger partial charge in [-0.1, -0.05) is 39.8 Å². The molecule has 0 aliphatic carbocycles. The van der Waals surface area contributed by atoms with Gasteiger partial charge in [0.1, 0.15) is 0 Å². The van der Waals surface area contributed by atoms with Gasteiger partial charge in [-0.05, 0) is 31.3 Å². The Kier molecular flexibility index (Phi) is 7.23. The predicted octanol–water partition coefficient (Wildman–Crippen LogP) is 2.03. The molecule has 0 aliphatic rings. The summed E-state index contributed by atoms with van der Waals surface area (Å²) in [6.45, 7) is 10.5. The van der Waals surface area contributed by atoms with Crippen molar-refractivity contribution < 1.29 is 9.59 Å². The Morgan fingerprint density at radius 2 is 1.87 bits per heavy atom. The van der Waals surface area contributed by atoms with Crippen LogP contribution in [0.2, 0.25) is 0 Å². The van der Waals surface area contributed by atoms with Gasteiger partial charge in [0.05, 0.1) is 0 Å². The molecule has 0 heterocycles. The summed E-state index contributed by atoms with van der Waals surface area (Å²) in [6, 6.07) is 7.35. The second-order valence-corrected chi connectivity index (χ2v) is 6.78. The van der Waals surface area contributed by atoms with Gasteiger partial charge in [0.15, 0.2) is 0 Å². The Balaban J connectivity index is 2.55. The summed E-state index contributed by atoms with van der Waals surface area (Å²) in [5.41, 5.74) is 1.12. The van der Waals surface area contributed by atoms with E-state index in [1.54, 1.807) is 6.07 Å². The minimum Gasteiger partial charge on any atom is -0.352 e. The molecule has 0 bridgehead atoms. The van der Waals surface area contributed by atoms with Crippen LogP contribution in [0.15, 0.2) is 24.3 Å². The molecule has 1 rings (SSSR count). The van der Waals surface area contributed by atoms with Crippen molar-refractivity contribution in [1.29, 1.82) is 0 Å². The van der Waals surface area contributed by atoms with Crippen LogP contribution in [-0.4, -0.2) is 43.4 Å². The third-order valence-electron chi connectivity index (χ3n) is 3.64. The van der Waals surface area contributed by atoms with Gasteiger partial charge in [0.25, 0.3) is 5.91 Å². The van der Waals surface area contributed by atoms with E-state index in [1.807, 2.05) is 46.0 Å². The molecular formula is C18H29N3O2. The molecule has 5 heteroatoms. The zero-order chi connectivity index (χ0) is 17.5. The quantitative estimate of drug-likeness (QED) is 0.808. The van der Waals surface area contributed by atoms with E-state index in [1.165, 1.54) is 0 Å². The van der Waals surface area contributed by atoms with Crippen LogP contribution in [0.25, 0.3) is 0 Å². The number of benzene rings is 1. The summed E-state index contributed by atoms with van der Waals surface area (Å²) in [5, 5.41) is 5.81. The number of carbonyl (C=O) groups is 2. The van der Waals surface area contributed by atoms with Crippen molar-refractivity contribution in [3.63, 3.8) is 0 Å². The average molecular weight is 319 g/mol. The Labute approximate surface area is 139 Å². The van der Waals surface area contributed by atoms with Crippen molar-refractivity contribution in [2.24, 2.45) is 5.41 Å². The van der Waals surface area contributed by atoms with E-state index in [9.17, 15) is 9.59 Å². The molecule has 0 aliphatic heterocycles. The third kappa shape index (κ3) is 6.82. The van der Waals surface area contributed by atoms with Crippen LogP contribution in [0.3, 0.4) is 0 Å². The fourth-order valence-electron chi connectivity index (χ4n) is 1.89. The summed E-state index contributed by atoms with van der Waals surface area (Å²) in [7, 11) is 2.02. The van der Waals surface area contributed by atoms with E-state index in [0.717, 1.165) is 18.7 Å². The largest absolute Gasteiger partial charge is 0.352 e. The van der Waals surface area contributed by atoms with Crippen molar-refractivity contribution in [3.8, 4) is 0 Å². The molecule has 0 spiro atoms.